The molecule has 2 aromatic carbocycles. The lowest BCUT2D eigenvalue weighted by atomic mass is 10.1. The molecule has 0 aliphatic heterocycles. The van der Waals surface area contributed by atoms with E-state index >= 15 is 0 Å². The Balaban J connectivity index is 2.19. The van der Waals surface area contributed by atoms with Crippen molar-refractivity contribution in [1.82, 2.24) is 4.72 Å². The Morgan fingerprint density at radius 1 is 1.07 bits per heavy atom. The van der Waals surface area contributed by atoms with Gasteiger partial charge in [-0.15, -0.1) is 0 Å². The molecule has 0 fully saturated rings. The second-order valence-electron chi connectivity index (χ2n) is 7.09. The summed E-state index contributed by atoms with van der Waals surface area (Å²) >= 11 is 0. The molecule has 0 aliphatic carbocycles. The third-order valence-corrected chi connectivity index (χ3v) is 5.30. The van der Waals surface area contributed by atoms with E-state index in [1.54, 1.807) is 39.8 Å². The number of hydrogen-bond donors (Lipinski definition) is 2. The lowest BCUT2D eigenvalue weighted by Crippen LogP contribution is -2.40. The van der Waals surface area contributed by atoms with Crippen LogP contribution in [0.25, 0.3) is 0 Å². The molecule has 9 heteroatoms. The summed E-state index contributed by atoms with van der Waals surface area (Å²) in [5.41, 5.74) is 0.271. The number of aryl methyl sites for hydroxylation is 1. The van der Waals surface area contributed by atoms with Crippen molar-refractivity contribution in [2.75, 3.05) is 5.32 Å². The maximum atomic E-state index is 12.3. The highest BCUT2D eigenvalue weighted by Gasteiger charge is 2.22. The molecule has 2 N–H and O–H groups in total. The number of sulfonamides is 1. The van der Waals surface area contributed by atoms with E-state index in [1.165, 1.54) is 30.3 Å². The molecule has 2 aromatic rings. The Hall–Kier alpha value is -2.78. The van der Waals surface area contributed by atoms with Gasteiger partial charge >= 0.3 is 0 Å². The molecular formula is C18H21N3O5S. The fraction of sp³-hybridized carbons (Fsp3) is 0.278. The summed E-state index contributed by atoms with van der Waals surface area (Å²) in [4.78, 5) is 22.8. The normalized spacial score (nSPS) is 11.9. The minimum atomic E-state index is -3.70. The molecule has 2 rings (SSSR count). The predicted molar refractivity (Wildman–Crippen MR) is 102 cm³/mol. The zero-order valence-corrected chi connectivity index (χ0v) is 16.3. The van der Waals surface area contributed by atoms with Gasteiger partial charge in [0.25, 0.3) is 11.6 Å². The zero-order valence-electron chi connectivity index (χ0n) is 15.4. The van der Waals surface area contributed by atoms with Gasteiger partial charge in [0.15, 0.2) is 0 Å². The summed E-state index contributed by atoms with van der Waals surface area (Å²) in [6.45, 7) is 6.79. The fourth-order valence-corrected chi connectivity index (χ4v) is 3.75. The third kappa shape index (κ3) is 5.35. The zero-order chi connectivity index (χ0) is 20.4. The van der Waals surface area contributed by atoms with Gasteiger partial charge < -0.3 is 5.32 Å². The first kappa shape index (κ1) is 20.5. The molecule has 27 heavy (non-hydrogen) atoms. The largest absolute Gasteiger partial charge is 0.322 e. The first-order chi connectivity index (χ1) is 12.4. The molecule has 0 saturated heterocycles. The van der Waals surface area contributed by atoms with Crippen molar-refractivity contribution in [3.05, 3.63) is 63.7 Å². The van der Waals surface area contributed by atoms with E-state index in [-0.39, 0.29) is 21.8 Å². The average molecular weight is 391 g/mol. The van der Waals surface area contributed by atoms with Gasteiger partial charge in [-0.2, -0.15) is 0 Å². The maximum absolute atomic E-state index is 12.3. The second kappa shape index (κ2) is 7.45. The standard InChI is InChI=1S/C18H21N3O5S/c1-12-5-8-14(11-16(12)21(23)24)19-17(22)13-6-9-15(10-7-13)27(25,26)20-18(2,3)4/h5-11,20H,1-4H3,(H,19,22). The maximum Gasteiger partial charge on any atom is 0.274 e. The molecule has 0 atom stereocenters. The summed E-state index contributed by atoms with van der Waals surface area (Å²) in [6.07, 6.45) is 0. The van der Waals surface area contributed by atoms with E-state index in [0.29, 0.717) is 5.56 Å². The predicted octanol–water partition coefficient (Wildman–Crippen LogP) is 3.23. The Morgan fingerprint density at radius 3 is 2.19 bits per heavy atom. The Kier molecular flexibility index (Phi) is 5.67. The number of nitrogens with zero attached hydrogens (tertiary/aromatic N) is 1. The number of hydrogen-bond acceptors (Lipinski definition) is 5. The van der Waals surface area contributed by atoms with Crippen LogP contribution in [0.1, 0.15) is 36.7 Å². The minimum Gasteiger partial charge on any atom is -0.322 e. The van der Waals surface area contributed by atoms with E-state index < -0.39 is 26.4 Å². The van der Waals surface area contributed by atoms with Gasteiger partial charge in [0.2, 0.25) is 10.0 Å². The Bertz CT molecular complexity index is 977. The van der Waals surface area contributed by atoms with Crippen LogP contribution in [0.15, 0.2) is 47.4 Å². The topological polar surface area (TPSA) is 118 Å². The van der Waals surface area contributed by atoms with E-state index in [0.717, 1.165) is 0 Å². The second-order valence-corrected chi connectivity index (χ2v) is 8.77. The van der Waals surface area contributed by atoms with Gasteiger partial charge in [0.1, 0.15) is 0 Å². The average Bonchev–Trinajstić information content (AvgIpc) is 2.54. The van der Waals surface area contributed by atoms with Gasteiger partial charge in [0, 0.05) is 28.4 Å². The summed E-state index contributed by atoms with van der Waals surface area (Å²) in [6, 6.07) is 9.82. The Labute approximate surface area is 157 Å². The Morgan fingerprint density at radius 2 is 1.67 bits per heavy atom. The summed E-state index contributed by atoms with van der Waals surface area (Å²) in [7, 11) is -3.70. The monoisotopic (exact) mass is 391 g/mol. The van der Waals surface area contributed by atoms with Crippen LogP contribution >= 0.6 is 0 Å². The highest BCUT2D eigenvalue weighted by Crippen LogP contribution is 2.23. The van der Waals surface area contributed by atoms with Crippen LogP contribution < -0.4 is 10.0 Å². The first-order valence-electron chi connectivity index (χ1n) is 8.09. The molecule has 0 spiro atoms. The molecule has 8 nitrogen and oxygen atoms in total. The van der Waals surface area contributed by atoms with Crippen LogP contribution in [0.2, 0.25) is 0 Å². The van der Waals surface area contributed by atoms with Gasteiger partial charge in [0.05, 0.1) is 9.82 Å². The lowest BCUT2D eigenvalue weighted by Gasteiger charge is -2.20. The molecule has 1 amide bonds. The number of carbonyl (C=O) groups is 1. The van der Waals surface area contributed by atoms with Gasteiger partial charge in [-0.05, 0) is 58.0 Å². The van der Waals surface area contributed by atoms with Crippen LogP contribution in [-0.2, 0) is 10.0 Å². The highest BCUT2D eigenvalue weighted by molar-refractivity contribution is 7.89. The number of nitro groups is 1. The molecule has 0 unspecified atom stereocenters. The minimum absolute atomic E-state index is 0.0416. The first-order valence-corrected chi connectivity index (χ1v) is 9.58. The summed E-state index contributed by atoms with van der Waals surface area (Å²) in [5, 5.41) is 13.6. The third-order valence-electron chi connectivity index (χ3n) is 3.53. The van der Waals surface area contributed by atoms with E-state index in [2.05, 4.69) is 10.0 Å². The van der Waals surface area contributed by atoms with Crippen molar-refractivity contribution in [3.8, 4) is 0 Å². The number of benzene rings is 2. The summed E-state index contributed by atoms with van der Waals surface area (Å²) in [5.74, 6) is -0.499. The number of nitrogens with one attached hydrogen (secondary N) is 2. The summed E-state index contributed by atoms with van der Waals surface area (Å²) < 4.78 is 27.1. The van der Waals surface area contributed by atoms with Crippen LogP contribution in [-0.4, -0.2) is 24.8 Å². The molecule has 0 radical (unpaired) electrons. The van der Waals surface area contributed by atoms with Crippen molar-refractivity contribution in [3.63, 3.8) is 0 Å². The number of nitro benzene ring substituents is 1. The van der Waals surface area contributed by atoms with Crippen LogP contribution in [0.3, 0.4) is 0 Å². The molecule has 0 heterocycles. The van der Waals surface area contributed by atoms with Crippen molar-refractivity contribution >= 4 is 27.3 Å². The highest BCUT2D eigenvalue weighted by atomic mass is 32.2. The van der Waals surface area contributed by atoms with Crippen molar-refractivity contribution in [2.24, 2.45) is 0 Å². The van der Waals surface area contributed by atoms with Gasteiger partial charge in [-0.3, -0.25) is 14.9 Å². The molecule has 144 valence electrons. The van der Waals surface area contributed by atoms with Crippen molar-refractivity contribution in [1.29, 1.82) is 0 Å². The fourth-order valence-electron chi connectivity index (χ4n) is 2.33. The lowest BCUT2D eigenvalue weighted by molar-refractivity contribution is -0.385. The number of anilines is 1. The van der Waals surface area contributed by atoms with Crippen molar-refractivity contribution in [2.45, 2.75) is 38.1 Å². The van der Waals surface area contributed by atoms with E-state index in [9.17, 15) is 23.3 Å². The van der Waals surface area contributed by atoms with Crippen LogP contribution in [0, 0.1) is 17.0 Å². The smallest absolute Gasteiger partial charge is 0.274 e. The van der Waals surface area contributed by atoms with Crippen LogP contribution in [0.4, 0.5) is 11.4 Å². The van der Waals surface area contributed by atoms with E-state index in [1.807, 2.05) is 0 Å². The molecule has 0 saturated carbocycles. The van der Waals surface area contributed by atoms with Gasteiger partial charge in [-0.1, -0.05) is 6.07 Å². The molecular weight excluding hydrogens is 370 g/mol. The number of rotatable bonds is 5. The quantitative estimate of drug-likeness (QED) is 0.599. The van der Waals surface area contributed by atoms with Gasteiger partial charge in [-0.25, -0.2) is 13.1 Å². The molecule has 0 bridgehead atoms. The van der Waals surface area contributed by atoms with E-state index in [4.69, 9.17) is 0 Å². The molecule has 0 aromatic heterocycles. The number of amides is 1. The SMILES string of the molecule is Cc1ccc(NC(=O)c2ccc(S(=O)(=O)NC(C)(C)C)cc2)cc1[N+](=O)[O-]. The van der Waals surface area contributed by atoms with Crippen LogP contribution in [0.5, 0.6) is 0 Å². The van der Waals surface area contributed by atoms with Crippen molar-refractivity contribution < 1.29 is 18.1 Å². The molecule has 0 aliphatic rings. The number of carbonyl (C=O) groups excluding carboxylic acids is 1.